The van der Waals surface area contributed by atoms with Crippen LogP contribution in [0.1, 0.15) is 28.9 Å². The van der Waals surface area contributed by atoms with Crippen LogP contribution in [0.2, 0.25) is 5.02 Å². The second-order valence-electron chi connectivity index (χ2n) is 5.63. The lowest BCUT2D eigenvalue weighted by Crippen LogP contribution is -2.42. The van der Waals surface area contributed by atoms with E-state index in [0.717, 1.165) is 12.8 Å². The predicted octanol–water partition coefficient (Wildman–Crippen LogP) is 2.43. The van der Waals surface area contributed by atoms with Crippen LogP contribution >= 0.6 is 11.6 Å². The number of hydrogen-bond acceptors (Lipinski definition) is 3. The van der Waals surface area contributed by atoms with Gasteiger partial charge in [0.05, 0.1) is 28.2 Å². The van der Waals surface area contributed by atoms with Crippen molar-refractivity contribution in [3.05, 3.63) is 46.7 Å². The van der Waals surface area contributed by atoms with Crippen LogP contribution in [0.3, 0.4) is 0 Å². The number of hydrogen-bond donors (Lipinski definition) is 2. The molecule has 1 heterocycles. The Morgan fingerprint density at radius 1 is 1.39 bits per heavy atom. The molecule has 7 heteroatoms. The largest absolute Gasteiger partial charge is 0.480 e. The number of amides is 1. The maximum Gasteiger partial charge on any atom is 0.326 e. The van der Waals surface area contributed by atoms with E-state index in [2.05, 4.69) is 10.4 Å². The molecule has 6 nitrogen and oxygen atoms in total. The van der Waals surface area contributed by atoms with Crippen LogP contribution in [0.5, 0.6) is 0 Å². The molecule has 1 amide bonds. The number of para-hydroxylation sites is 1. The lowest BCUT2D eigenvalue weighted by Gasteiger charge is -2.13. The van der Waals surface area contributed by atoms with Gasteiger partial charge in [-0.25, -0.2) is 9.48 Å². The molecule has 1 fully saturated rings. The van der Waals surface area contributed by atoms with E-state index >= 15 is 0 Å². The molecule has 1 aromatic heterocycles. The smallest absolute Gasteiger partial charge is 0.326 e. The van der Waals surface area contributed by atoms with Crippen molar-refractivity contribution in [3.8, 4) is 5.69 Å². The summed E-state index contributed by atoms with van der Waals surface area (Å²) in [6, 6.07) is 6.34. The van der Waals surface area contributed by atoms with Gasteiger partial charge in [-0.2, -0.15) is 5.10 Å². The molecular formula is C16H16ClN3O3. The van der Waals surface area contributed by atoms with Crippen LogP contribution in [0, 0.1) is 12.8 Å². The summed E-state index contributed by atoms with van der Waals surface area (Å²) in [7, 11) is 0. The summed E-state index contributed by atoms with van der Waals surface area (Å²) in [5.74, 6) is -1.41. The van der Waals surface area contributed by atoms with Crippen molar-refractivity contribution in [1.82, 2.24) is 15.1 Å². The van der Waals surface area contributed by atoms with Gasteiger partial charge >= 0.3 is 5.97 Å². The molecule has 1 aromatic carbocycles. The molecule has 23 heavy (non-hydrogen) atoms. The number of aromatic nitrogens is 2. The third-order valence-electron chi connectivity index (χ3n) is 3.98. The zero-order chi connectivity index (χ0) is 16.6. The van der Waals surface area contributed by atoms with E-state index < -0.39 is 17.9 Å². The molecule has 1 saturated carbocycles. The second kappa shape index (κ2) is 6.04. The van der Waals surface area contributed by atoms with Gasteiger partial charge in [0.1, 0.15) is 6.04 Å². The van der Waals surface area contributed by atoms with Gasteiger partial charge in [0.15, 0.2) is 0 Å². The molecule has 0 aliphatic heterocycles. The van der Waals surface area contributed by atoms with Gasteiger partial charge in [0.2, 0.25) is 0 Å². The third-order valence-corrected chi connectivity index (χ3v) is 4.30. The Kier molecular flexibility index (Phi) is 4.09. The molecule has 0 radical (unpaired) electrons. The Morgan fingerprint density at radius 2 is 2.09 bits per heavy atom. The molecule has 1 atom stereocenters. The minimum absolute atomic E-state index is 0.0235. The third kappa shape index (κ3) is 3.07. The van der Waals surface area contributed by atoms with Crippen molar-refractivity contribution < 1.29 is 14.7 Å². The number of nitrogens with one attached hydrogen (secondary N) is 1. The molecular weight excluding hydrogens is 318 g/mol. The van der Waals surface area contributed by atoms with Gasteiger partial charge in [0, 0.05) is 0 Å². The highest BCUT2D eigenvalue weighted by Gasteiger charge is 2.37. The Morgan fingerprint density at radius 3 is 2.70 bits per heavy atom. The number of carbonyl (C=O) groups is 2. The first-order valence-electron chi connectivity index (χ1n) is 7.32. The Labute approximate surface area is 138 Å². The average molecular weight is 334 g/mol. The normalized spacial score (nSPS) is 15.2. The number of rotatable bonds is 5. The number of nitrogens with zero attached hydrogens (tertiary/aromatic N) is 2. The molecule has 2 aromatic rings. The number of halogens is 1. The van der Waals surface area contributed by atoms with Crippen LogP contribution in [-0.2, 0) is 4.79 Å². The summed E-state index contributed by atoms with van der Waals surface area (Å²) in [5, 5.41) is 16.5. The summed E-state index contributed by atoms with van der Waals surface area (Å²) >= 11 is 6.16. The molecule has 1 aliphatic carbocycles. The highest BCUT2D eigenvalue weighted by Crippen LogP contribution is 2.33. The molecule has 0 spiro atoms. The summed E-state index contributed by atoms with van der Waals surface area (Å²) in [4.78, 5) is 23.6. The quantitative estimate of drug-likeness (QED) is 0.880. The first-order chi connectivity index (χ1) is 11.0. The van der Waals surface area contributed by atoms with Crippen molar-refractivity contribution >= 4 is 23.5 Å². The average Bonchev–Trinajstić information content (AvgIpc) is 3.28. The minimum Gasteiger partial charge on any atom is -0.480 e. The fourth-order valence-electron chi connectivity index (χ4n) is 2.53. The number of carboxylic acid groups (broad SMARTS) is 1. The zero-order valence-corrected chi connectivity index (χ0v) is 13.2. The van der Waals surface area contributed by atoms with E-state index in [1.54, 1.807) is 23.7 Å². The lowest BCUT2D eigenvalue weighted by molar-refractivity contribution is -0.139. The van der Waals surface area contributed by atoms with Crippen LogP contribution in [0.4, 0.5) is 0 Å². The fraction of sp³-hybridized carbons (Fsp3) is 0.312. The van der Waals surface area contributed by atoms with Crippen molar-refractivity contribution in [2.24, 2.45) is 5.92 Å². The highest BCUT2D eigenvalue weighted by atomic mass is 35.5. The minimum atomic E-state index is -1.00. The number of benzene rings is 1. The van der Waals surface area contributed by atoms with Gasteiger partial charge < -0.3 is 10.4 Å². The van der Waals surface area contributed by atoms with Crippen LogP contribution < -0.4 is 5.32 Å². The van der Waals surface area contributed by atoms with Crippen molar-refractivity contribution in [2.45, 2.75) is 25.8 Å². The predicted molar refractivity (Wildman–Crippen MR) is 84.9 cm³/mol. The zero-order valence-electron chi connectivity index (χ0n) is 12.5. The molecule has 0 bridgehead atoms. The summed E-state index contributed by atoms with van der Waals surface area (Å²) in [6.45, 7) is 1.75. The summed E-state index contributed by atoms with van der Waals surface area (Å²) in [6.07, 6.45) is 3.09. The number of aliphatic carboxylic acids is 1. The van der Waals surface area contributed by atoms with E-state index in [-0.39, 0.29) is 5.92 Å². The molecule has 1 unspecified atom stereocenters. The first kappa shape index (κ1) is 15.6. The molecule has 0 saturated heterocycles. The molecule has 1 aliphatic rings. The monoisotopic (exact) mass is 333 g/mol. The van der Waals surface area contributed by atoms with E-state index in [9.17, 15) is 14.7 Å². The van der Waals surface area contributed by atoms with Gasteiger partial charge in [0.25, 0.3) is 5.91 Å². The number of carbonyl (C=O) groups excluding carboxylic acids is 1. The van der Waals surface area contributed by atoms with Crippen LogP contribution in [-0.4, -0.2) is 32.8 Å². The van der Waals surface area contributed by atoms with Gasteiger partial charge in [-0.15, -0.1) is 0 Å². The van der Waals surface area contributed by atoms with E-state index in [0.29, 0.717) is 22.0 Å². The first-order valence-corrected chi connectivity index (χ1v) is 7.70. The summed E-state index contributed by atoms with van der Waals surface area (Å²) in [5.41, 5.74) is 1.62. The van der Waals surface area contributed by atoms with Crippen molar-refractivity contribution in [3.63, 3.8) is 0 Å². The lowest BCUT2D eigenvalue weighted by atomic mass is 10.1. The van der Waals surface area contributed by atoms with Gasteiger partial charge in [-0.05, 0) is 37.8 Å². The number of carboxylic acids is 1. The van der Waals surface area contributed by atoms with Crippen molar-refractivity contribution in [2.75, 3.05) is 0 Å². The standard InChI is InChI=1S/C16H16ClN3O3/c1-9-11(15(21)19-14(16(22)23)10-6-7-10)8-18-20(9)13-5-3-2-4-12(13)17/h2-5,8,10,14H,6-7H2,1H3,(H,19,21)(H,22,23). The SMILES string of the molecule is Cc1c(C(=O)NC(C(=O)O)C2CC2)cnn1-c1ccccc1Cl. The maximum absolute atomic E-state index is 12.4. The topological polar surface area (TPSA) is 84.2 Å². The van der Waals surface area contributed by atoms with E-state index in [4.69, 9.17) is 11.6 Å². The van der Waals surface area contributed by atoms with E-state index in [1.165, 1.54) is 6.20 Å². The Hall–Kier alpha value is -2.34. The Balaban J connectivity index is 1.85. The van der Waals surface area contributed by atoms with Crippen LogP contribution in [0.15, 0.2) is 30.5 Å². The van der Waals surface area contributed by atoms with Crippen LogP contribution in [0.25, 0.3) is 5.69 Å². The molecule has 120 valence electrons. The summed E-state index contributed by atoms with van der Waals surface area (Å²) < 4.78 is 1.57. The maximum atomic E-state index is 12.4. The Bertz CT molecular complexity index is 768. The molecule has 3 rings (SSSR count). The van der Waals surface area contributed by atoms with Gasteiger partial charge in [-0.1, -0.05) is 23.7 Å². The van der Waals surface area contributed by atoms with Crippen molar-refractivity contribution in [1.29, 1.82) is 0 Å². The fourth-order valence-corrected chi connectivity index (χ4v) is 2.74. The molecule has 2 N–H and O–H groups in total. The van der Waals surface area contributed by atoms with Gasteiger partial charge in [-0.3, -0.25) is 4.79 Å². The van der Waals surface area contributed by atoms with E-state index in [1.807, 2.05) is 12.1 Å². The second-order valence-corrected chi connectivity index (χ2v) is 6.04. The highest BCUT2D eigenvalue weighted by molar-refractivity contribution is 6.32.